The second-order valence-electron chi connectivity index (χ2n) is 8.37. The van der Waals surface area contributed by atoms with Crippen LogP contribution in [0.4, 0.5) is 0 Å². The number of Topliss-reactive ketones (excluding diaryl/α,β-unsaturated/α-hetero) is 1. The molecule has 7 heteroatoms. The first-order chi connectivity index (χ1) is 12.2. The second-order valence-corrected chi connectivity index (χ2v) is 8.37. The molecule has 4 saturated carbocycles. The lowest BCUT2D eigenvalue weighted by molar-refractivity contribution is -0.176. The van der Waals surface area contributed by atoms with Gasteiger partial charge < -0.3 is 15.8 Å². The van der Waals surface area contributed by atoms with Crippen LogP contribution in [0, 0.1) is 28.6 Å². The third-order valence-electron chi connectivity index (χ3n) is 6.05. The van der Waals surface area contributed by atoms with Gasteiger partial charge in [-0.15, -0.1) is 0 Å². The number of nitriles is 1. The smallest absolute Gasteiger partial charge is 0.312 e. The lowest BCUT2D eigenvalue weighted by atomic mass is 9.47. The first-order valence-electron chi connectivity index (χ1n) is 9.04. The van der Waals surface area contributed by atoms with E-state index in [1.165, 1.54) is 13.8 Å². The minimum Gasteiger partial charge on any atom is -0.457 e. The first kappa shape index (κ1) is 18.4. The number of carbonyl (C=O) groups is 3. The zero-order chi connectivity index (χ0) is 19.1. The fraction of sp³-hybridized carbons (Fsp3) is 0.684. The Labute approximate surface area is 152 Å². The third kappa shape index (κ3) is 3.20. The minimum absolute atomic E-state index is 0.0761. The van der Waals surface area contributed by atoms with Crippen LogP contribution in [0.3, 0.4) is 0 Å². The molecular weight excluding hydrogens is 334 g/mol. The molecule has 140 valence electrons. The largest absolute Gasteiger partial charge is 0.457 e. The number of esters is 1. The Kier molecular flexibility index (Phi) is 4.55. The highest BCUT2D eigenvalue weighted by molar-refractivity contribution is 6.01. The Morgan fingerprint density at radius 3 is 2.31 bits per heavy atom. The van der Waals surface area contributed by atoms with Crippen LogP contribution in [-0.4, -0.2) is 29.8 Å². The summed E-state index contributed by atoms with van der Waals surface area (Å²) >= 11 is 0. The highest BCUT2D eigenvalue weighted by Crippen LogP contribution is 2.62. The van der Waals surface area contributed by atoms with Crippen molar-refractivity contribution in [2.24, 2.45) is 23.0 Å². The summed E-state index contributed by atoms with van der Waals surface area (Å²) in [6.07, 6.45) is 4.96. The van der Waals surface area contributed by atoms with Gasteiger partial charge in [0.1, 0.15) is 11.6 Å². The van der Waals surface area contributed by atoms with Crippen LogP contribution in [0.15, 0.2) is 11.3 Å². The summed E-state index contributed by atoms with van der Waals surface area (Å²) in [7, 11) is 0. The molecule has 4 rings (SSSR count). The molecule has 7 nitrogen and oxygen atoms in total. The average Bonchev–Trinajstić information content (AvgIpc) is 2.50. The Morgan fingerprint density at radius 2 is 1.81 bits per heavy atom. The van der Waals surface area contributed by atoms with E-state index in [2.05, 4.69) is 5.32 Å². The summed E-state index contributed by atoms with van der Waals surface area (Å²) in [5.41, 5.74) is 4.50. The Morgan fingerprint density at radius 1 is 1.19 bits per heavy atom. The Hall–Kier alpha value is -2.36. The standard InChI is InChI=1S/C19H25N3O4/c1-11(21)15(8-20)16(24)9-26-17(25)18-4-13-3-14(5-18)7-19(6-13,10-18)22-12(2)23/h13-14H,3-7,9-10,21H2,1-2H3,(H,22,23)/b15-11+. The molecule has 4 fully saturated rings. The maximum atomic E-state index is 12.9. The predicted molar refractivity (Wildman–Crippen MR) is 92.1 cm³/mol. The van der Waals surface area contributed by atoms with Crippen LogP contribution in [0.25, 0.3) is 0 Å². The third-order valence-corrected chi connectivity index (χ3v) is 6.05. The number of allylic oxidation sites excluding steroid dienone is 1. The van der Waals surface area contributed by atoms with Gasteiger partial charge in [0.25, 0.3) is 0 Å². The molecular formula is C19H25N3O4. The van der Waals surface area contributed by atoms with Crippen molar-refractivity contribution in [1.29, 1.82) is 5.26 Å². The molecule has 3 N–H and O–H groups in total. The summed E-state index contributed by atoms with van der Waals surface area (Å²) < 4.78 is 5.33. The molecule has 0 aromatic rings. The second kappa shape index (κ2) is 6.42. The molecule has 2 unspecified atom stereocenters. The van der Waals surface area contributed by atoms with Crippen molar-refractivity contribution in [2.45, 2.75) is 57.9 Å². The molecule has 26 heavy (non-hydrogen) atoms. The number of hydrogen-bond donors (Lipinski definition) is 2. The highest BCUT2D eigenvalue weighted by atomic mass is 16.5. The number of carbonyl (C=O) groups excluding carboxylic acids is 3. The monoisotopic (exact) mass is 359 g/mol. The molecule has 0 aromatic heterocycles. The van der Waals surface area contributed by atoms with Crippen LogP contribution in [0.1, 0.15) is 52.4 Å². The van der Waals surface area contributed by atoms with Crippen LogP contribution < -0.4 is 11.1 Å². The zero-order valence-electron chi connectivity index (χ0n) is 15.3. The van der Waals surface area contributed by atoms with Gasteiger partial charge >= 0.3 is 5.97 Å². The van der Waals surface area contributed by atoms with Gasteiger partial charge in [0.2, 0.25) is 11.7 Å². The van der Waals surface area contributed by atoms with Crippen molar-refractivity contribution in [2.75, 3.05) is 6.61 Å². The van der Waals surface area contributed by atoms with Crippen molar-refractivity contribution in [1.82, 2.24) is 5.32 Å². The van der Waals surface area contributed by atoms with E-state index in [4.69, 9.17) is 15.7 Å². The first-order valence-corrected chi connectivity index (χ1v) is 9.04. The minimum atomic E-state index is -0.638. The molecule has 0 heterocycles. The number of amides is 1. The lowest BCUT2D eigenvalue weighted by Crippen LogP contribution is -2.64. The fourth-order valence-electron chi connectivity index (χ4n) is 5.75. The number of rotatable bonds is 5. The number of ether oxygens (including phenoxy) is 1. The van der Waals surface area contributed by atoms with Crippen LogP contribution >= 0.6 is 0 Å². The SMILES string of the molecule is CC(=O)NC12CC3CC(C1)CC(C(=O)OCC(=O)/C(C#N)=C(\C)N)(C3)C2. The highest BCUT2D eigenvalue weighted by Gasteiger charge is 2.61. The van der Waals surface area contributed by atoms with Gasteiger partial charge in [-0.3, -0.25) is 14.4 Å². The number of hydrogen-bond acceptors (Lipinski definition) is 6. The van der Waals surface area contributed by atoms with Gasteiger partial charge in [-0.05, 0) is 57.3 Å². The predicted octanol–water partition coefficient (Wildman–Crippen LogP) is 1.33. The quantitative estimate of drug-likeness (QED) is 0.434. The van der Waals surface area contributed by atoms with Crippen LogP contribution in [0.5, 0.6) is 0 Å². The summed E-state index contributed by atoms with van der Waals surface area (Å²) in [6.45, 7) is 2.50. The van der Waals surface area contributed by atoms with E-state index in [0.29, 0.717) is 18.3 Å². The molecule has 0 radical (unpaired) electrons. The van der Waals surface area contributed by atoms with Crippen LogP contribution in [0.2, 0.25) is 0 Å². The molecule has 4 aliphatic rings. The number of nitrogens with two attached hydrogens (primary N) is 1. The molecule has 4 aliphatic carbocycles. The van der Waals surface area contributed by atoms with Gasteiger partial charge in [0.15, 0.2) is 6.61 Å². The topological polar surface area (TPSA) is 122 Å². The van der Waals surface area contributed by atoms with Crippen molar-refractivity contribution in [3.05, 3.63) is 11.3 Å². The average molecular weight is 359 g/mol. The molecule has 2 atom stereocenters. The maximum absolute atomic E-state index is 12.9. The molecule has 0 aromatic carbocycles. The van der Waals surface area contributed by atoms with Gasteiger partial charge in [0.05, 0.1) is 5.41 Å². The normalized spacial score (nSPS) is 35.3. The molecule has 0 saturated heterocycles. The number of nitrogens with one attached hydrogen (secondary N) is 1. The summed E-state index contributed by atoms with van der Waals surface area (Å²) in [4.78, 5) is 36.6. The van der Waals surface area contributed by atoms with Gasteiger partial charge in [0, 0.05) is 18.2 Å². The van der Waals surface area contributed by atoms with Crippen LogP contribution in [-0.2, 0) is 19.1 Å². The summed E-state index contributed by atoms with van der Waals surface area (Å²) in [6, 6.07) is 1.75. The molecule has 4 bridgehead atoms. The lowest BCUT2D eigenvalue weighted by Gasteiger charge is -2.60. The number of ketones is 1. The van der Waals surface area contributed by atoms with Crippen molar-refractivity contribution < 1.29 is 19.1 Å². The van der Waals surface area contributed by atoms with E-state index in [9.17, 15) is 14.4 Å². The molecule has 0 spiro atoms. The molecule has 1 amide bonds. The molecule has 0 aliphatic heterocycles. The van der Waals surface area contributed by atoms with E-state index in [0.717, 1.165) is 32.1 Å². The summed E-state index contributed by atoms with van der Waals surface area (Å²) in [5.74, 6) is -0.254. The van der Waals surface area contributed by atoms with Gasteiger partial charge in [-0.2, -0.15) is 5.26 Å². The summed E-state index contributed by atoms with van der Waals surface area (Å²) in [5, 5.41) is 12.1. The van der Waals surface area contributed by atoms with E-state index < -0.39 is 17.8 Å². The fourth-order valence-corrected chi connectivity index (χ4v) is 5.75. The van der Waals surface area contributed by atoms with Crippen molar-refractivity contribution in [3.63, 3.8) is 0 Å². The Bertz CT molecular complexity index is 716. The van der Waals surface area contributed by atoms with E-state index >= 15 is 0 Å². The van der Waals surface area contributed by atoms with E-state index in [1.54, 1.807) is 6.07 Å². The Balaban J connectivity index is 1.73. The van der Waals surface area contributed by atoms with Crippen molar-refractivity contribution in [3.8, 4) is 6.07 Å². The van der Waals surface area contributed by atoms with Gasteiger partial charge in [-0.1, -0.05) is 0 Å². The van der Waals surface area contributed by atoms with Crippen molar-refractivity contribution >= 4 is 17.7 Å². The zero-order valence-corrected chi connectivity index (χ0v) is 15.3. The number of nitrogens with zero attached hydrogens (tertiary/aromatic N) is 1. The van der Waals surface area contributed by atoms with E-state index in [1.807, 2.05) is 0 Å². The van der Waals surface area contributed by atoms with E-state index in [-0.39, 0.29) is 28.7 Å². The maximum Gasteiger partial charge on any atom is 0.312 e. The van der Waals surface area contributed by atoms with Gasteiger partial charge in [-0.25, -0.2) is 0 Å².